The average Bonchev–Trinajstić information content (AvgIpc) is 3.17. The molecule has 6 nitrogen and oxygen atoms in total. The SMILES string of the molecule is [CH2]CN(C)Cc1c[nH]nc1C1=CCC(COC)(COCC2CCOCC2)CC1. The molecule has 1 saturated heterocycles. The molecule has 1 aliphatic carbocycles. The van der Waals surface area contributed by atoms with Crippen molar-refractivity contribution in [2.24, 2.45) is 11.3 Å². The number of hydrogen-bond acceptors (Lipinski definition) is 5. The summed E-state index contributed by atoms with van der Waals surface area (Å²) in [7, 11) is 3.87. The quantitative estimate of drug-likeness (QED) is 0.664. The molecule has 28 heavy (non-hydrogen) atoms. The van der Waals surface area contributed by atoms with Gasteiger partial charge in [0.25, 0.3) is 0 Å². The van der Waals surface area contributed by atoms with Gasteiger partial charge in [-0.1, -0.05) is 6.08 Å². The van der Waals surface area contributed by atoms with Crippen molar-refractivity contribution in [2.75, 3.05) is 53.7 Å². The van der Waals surface area contributed by atoms with Crippen molar-refractivity contribution in [3.8, 4) is 0 Å². The lowest BCUT2D eigenvalue weighted by Gasteiger charge is -2.36. The van der Waals surface area contributed by atoms with Gasteiger partial charge in [0.15, 0.2) is 0 Å². The van der Waals surface area contributed by atoms with Gasteiger partial charge >= 0.3 is 0 Å². The Hall–Kier alpha value is -1.21. The lowest BCUT2D eigenvalue weighted by Crippen LogP contribution is -2.34. The Labute approximate surface area is 169 Å². The van der Waals surface area contributed by atoms with Crippen LogP contribution in [0.15, 0.2) is 12.3 Å². The Morgan fingerprint density at radius 3 is 2.86 bits per heavy atom. The summed E-state index contributed by atoms with van der Waals surface area (Å²) < 4.78 is 17.2. The summed E-state index contributed by atoms with van der Waals surface area (Å²) in [4.78, 5) is 2.19. The Morgan fingerprint density at radius 2 is 2.18 bits per heavy atom. The Balaban J connectivity index is 1.59. The summed E-state index contributed by atoms with van der Waals surface area (Å²) in [5.41, 5.74) is 3.76. The molecule has 1 radical (unpaired) electrons. The molecule has 1 aromatic rings. The highest BCUT2D eigenvalue weighted by Gasteiger charge is 2.34. The molecule has 1 fully saturated rings. The van der Waals surface area contributed by atoms with Gasteiger partial charge in [0.1, 0.15) is 0 Å². The van der Waals surface area contributed by atoms with E-state index >= 15 is 0 Å². The van der Waals surface area contributed by atoms with Gasteiger partial charge in [-0.3, -0.25) is 5.10 Å². The van der Waals surface area contributed by atoms with Gasteiger partial charge in [0, 0.05) is 50.7 Å². The van der Waals surface area contributed by atoms with Crippen LogP contribution in [-0.4, -0.2) is 68.8 Å². The lowest BCUT2D eigenvalue weighted by molar-refractivity contribution is -0.0375. The minimum atomic E-state index is 0.0734. The number of ether oxygens (including phenoxy) is 3. The van der Waals surface area contributed by atoms with E-state index < -0.39 is 0 Å². The van der Waals surface area contributed by atoms with Gasteiger partial charge < -0.3 is 19.1 Å². The molecule has 157 valence electrons. The third kappa shape index (κ3) is 5.66. The fourth-order valence-corrected chi connectivity index (χ4v) is 4.21. The van der Waals surface area contributed by atoms with E-state index in [1.165, 1.54) is 11.1 Å². The number of hydrogen-bond donors (Lipinski definition) is 1. The molecule has 0 aromatic carbocycles. The largest absolute Gasteiger partial charge is 0.384 e. The third-order valence-electron chi connectivity index (χ3n) is 6.10. The van der Waals surface area contributed by atoms with Crippen molar-refractivity contribution < 1.29 is 14.2 Å². The topological polar surface area (TPSA) is 59.6 Å². The molecule has 1 atom stereocenters. The van der Waals surface area contributed by atoms with E-state index in [1.54, 1.807) is 7.11 Å². The molecular formula is C22H36N3O3. The molecule has 2 aliphatic rings. The minimum Gasteiger partial charge on any atom is -0.384 e. The number of H-pyrrole nitrogens is 1. The van der Waals surface area contributed by atoms with E-state index in [9.17, 15) is 0 Å². The average molecular weight is 391 g/mol. The van der Waals surface area contributed by atoms with Crippen molar-refractivity contribution in [3.63, 3.8) is 0 Å². The monoisotopic (exact) mass is 390 g/mol. The van der Waals surface area contributed by atoms with Gasteiger partial charge in [0.05, 0.1) is 18.9 Å². The molecule has 0 amide bonds. The maximum atomic E-state index is 6.19. The molecule has 6 heteroatoms. The van der Waals surface area contributed by atoms with Crippen molar-refractivity contribution in [2.45, 2.75) is 38.6 Å². The molecular weight excluding hydrogens is 354 g/mol. The van der Waals surface area contributed by atoms with Crippen LogP contribution < -0.4 is 0 Å². The first-order chi connectivity index (χ1) is 13.7. The highest BCUT2D eigenvalue weighted by atomic mass is 16.5. The second kappa shape index (κ2) is 10.5. The van der Waals surface area contributed by atoms with Crippen LogP contribution in [0.25, 0.3) is 5.57 Å². The van der Waals surface area contributed by atoms with Gasteiger partial charge in [-0.15, -0.1) is 0 Å². The normalized spacial score (nSPS) is 23.9. The first-order valence-corrected chi connectivity index (χ1v) is 10.5. The molecule has 0 saturated carbocycles. The van der Waals surface area contributed by atoms with E-state index in [0.717, 1.165) is 83.9 Å². The van der Waals surface area contributed by atoms with Crippen molar-refractivity contribution in [1.82, 2.24) is 15.1 Å². The van der Waals surface area contributed by atoms with E-state index in [0.29, 0.717) is 5.92 Å². The van der Waals surface area contributed by atoms with Crippen LogP contribution in [0, 0.1) is 18.3 Å². The van der Waals surface area contributed by atoms with Gasteiger partial charge in [-0.2, -0.15) is 5.10 Å². The lowest BCUT2D eigenvalue weighted by atomic mass is 9.75. The van der Waals surface area contributed by atoms with E-state index in [1.807, 2.05) is 6.20 Å². The second-order valence-corrected chi connectivity index (χ2v) is 8.43. The number of rotatable bonds is 10. The Morgan fingerprint density at radius 1 is 1.36 bits per heavy atom. The standard InChI is InChI=1S/C22H36N3O3/c1-4-25(2)14-20-13-23-24-21(20)19-5-9-22(10-6-19,16-26-3)17-28-15-18-7-11-27-12-8-18/h5,13,18H,1,4,6-12,14-17H2,2-3H3,(H,23,24). The predicted octanol–water partition coefficient (Wildman–Crippen LogP) is 3.32. The van der Waals surface area contributed by atoms with E-state index in [-0.39, 0.29) is 5.41 Å². The zero-order valence-corrected chi connectivity index (χ0v) is 17.5. The summed E-state index contributed by atoms with van der Waals surface area (Å²) in [5, 5.41) is 7.57. The van der Waals surface area contributed by atoms with E-state index in [2.05, 4.69) is 35.1 Å². The number of nitrogens with one attached hydrogen (secondary N) is 1. The fourth-order valence-electron chi connectivity index (χ4n) is 4.21. The summed E-state index contributed by atoms with van der Waals surface area (Å²) in [6, 6.07) is 0. The number of aromatic amines is 1. The molecule has 1 N–H and O–H groups in total. The molecule has 3 rings (SSSR count). The number of nitrogens with zero attached hydrogens (tertiary/aromatic N) is 2. The van der Waals surface area contributed by atoms with E-state index in [4.69, 9.17) is 14.2 Å². The third-order valence-corrected chi connectivity index (χ3v) is 6.10. The van der Waals surface area contributed by atoms with Crippen LogP contribution in [0.4, 0.5) is 0 Å². The van der Waals surface area contributed by atoms with Crippen LogP contribution in [0.1, 0.15) is 43.4 Å². The van der Waals surface area contributed by atoms with Crippen LogP contribution in [0.5, 0.6) is 0 Å². The Kier molecular flexibility index (Phi) is 8.09. The molecule has 2 heterocycles. The Bertz CT molecular complexity index is 624. The fraction of sp³-hybridized carbons (Fsp3) is 0.727. The number of methoxy groups -OCH3 is 1. The van der Waals surface area contributed by atoms with Crippen LogP contribution in [0.3, 0.4) is 0 Å². The molecule has 1 aromatic heterocycles. The van der Waals surface area contributed by atoms with Gasteiger partial charge in [0.2, 0.25) is 0 Å². The molecule has 1 unspecified atom stereocenters. The maximum Gasteiger partial charge on any atom is 0.0922 e. The zero-order valence-electron chi connectivity index (χ0n) is 17.5. The van der Waals surface area contributed by atoms with Gasteiger partial charge in [-0.25, -0.2) is 0 Å². The number of allylic oxidation sites excluding steroid dienone is 2. The van der Waals surface area contributed by atoms with Crippen LogP contribution >= 0.6 is 0 Å². The predicted molar refractivity (Wildman–Crippen MR) is 111 cm³/mol. The summed E-state index contributed by atoms with van der Waals surface area (Å²) in [5.74, 6) is 0.639. The minimum absolute atomic E-state index is 0.0734. The molecule has 0 bridgehead atoms. The molecule has 0 spiro atoms. The van der Waals surface area contributed by atoms with Gasteiger partial charge in [-0.05, 0) is 64.1 Å². The molecule has 1 aliphatic heterocycles. The second-order valence-electron chi connectivity index (χ2n) is 8.43. The maximum absolute atomic E-state index is 6.19. The highest BCUT2D eigenvalue weighted by molar-refractivity contribution is 5.66. The van der Waals surface area contributed by atoms with Crippen molar-refractivity contribution in [3.05, 3.63) is 30.5 Å². The summed E-state index contributed by atoms with van der Waals surface area (Å²) in [6.45, 7) is 9.69. The summed E-state index contributed by atoms with van der Waals surface area (Å²) >= 11 is 0. The highest BCUT2D eigenvalue weighted by Crippen LogP contribution is 2.40. The number of aromatic nitrogens is 2. The van der Waals surface area contributed by atoms with Crippen LogP contribution in [0.2, 0.25) is 0 Å². The summed E-state index contributed by atoms with van der Waals surface area (Å²) in [6.07, 6.45) is 9.64. The zero-order chi connectivity index (χ0) is 19.8. The van der Waals surface area contributed by atoms with Crippen molar-refractivity contribution in [1.29, 1.82) is 0 Å². The first kappa shape index (κ1) is 21.5. The van der Waals surface area contributed by atoms with Crippen LogP contribution in [-0.2, 0) is 20.8 Å². The first-order valence-electron chi connectivity index (χ1n) is 10.5. The smallest absolute Gasteiger partial charge is 0.0922 e. The van der Waals surface area contributed by atoms with Crippen molar-refractivity contribution >= 4 is 5.57 Å².